The van der Waals surface area contributed by atoms with Gasteiger partial charge in [-0.2, -0.15) is 0 Å². The van der Waals surface area contributed by atoms with E-state index in [0.717, 1.165) is 6.54 Å². The lowest BCUT2D eigenvalue weighted by Gasteiger charge is -1.94. The highest BCUT2D eigenvalue weighted by molar-refractivity contribution is 7.96. The number of unbranched alkanes of at least 4 members (excludes halogenated alkanes) is 1. The zero-order chi connectivity index (χ0) is 5.54. The second-order valence-electron chi connectivity index (χ2n) is 1.45. The molecule has 0 aromatic heterocycles. The van der Waals surface area contributed by atoms with Gasteiger partial charge in [0.15, 0.2) is 0 Å². The molecule has 0 bridgehead atoms. The number of hydrogen-bond acceptors (Lipinski definition) is 2. The van der Waals surface area contributed by atoms with Crippen molar-refractivity contribution in [2.45, 2.75) is 19.8 Å². The highest BCUT2D eigenvalue weighted by Gasteiger charge is 1.77. The van der Waals surface area contributed by atoms with Crippen LogP contribution in [0.25, 0.3) is 0 Å². The van der Waals surface area contributed by atoms with E-state index in [0.29, 0.717) is 0 Å². The maximum Gasteiger partial charge on any atom is 0.00583 e. The minimum atomic E-state index is 1.15. The van der Waals surface area contributed by atoms with E-state index in [1.165, 1.54) is 12.8 Å². The van der Waals surface area contributed by atoms with Gasteiger partial charge in [-0.15, -0.1) is 0 Å². The van der Waals surface area contributed by atoms with E-state index in [1.54, 1.807) is 11.9 Å². The summed E-state index contributed by atoms with van der Waals surface area (Å²) in [6.07, 6.45) is 4.63. The summed E-state index contributed by atoms with van der Waals surface area (Å²) in [6.45, 7) is 3.35. The Morgan fingerprint density at radius 3 is 2.71 bits per heavy atom. The maximum atomic E-state index is 3.17. The summed E-state index contributed by atoms with van der Waals surface area (Å²) >= 11 is 1.69. The van der Waals surface area contributed by atoms with Gasteiger partial charge in [0.25, 0.3) is 0 Å². The summed E-state index contributed by atoms with van der Waals surface area (Å²) in [5.41, 5.74) is 0. The monoisotopic (exact) mass is 119 g/mol. The summed E-state index contributed by atoms with van der Waals surface area (Å²) in [4.78, 5) is 0. The normalized spacial score (nSPS) is 9.43. The molecule has 0 amide bonds. The van der Waals surface area contributed by atoms with Crippen LogP contribution in [0, 0.1) is 0 Å². The average molecular weight is 119 g/mol. The van der Waals surface area contributed by atoms with Crippen LogP contribution in [0.15, 0.2) is 0 Å². The van der Waals surface area contributed by atoms with Crippen LogP contribution in [0.2, 0.25) is 0 Å². The minimum Gasteiger partial charge on any atom is -0.264 e. The molecular weight excluding hydrogens is 106 g/mol. The van der Waals surface area contributed by atoms with Crippen LogP contribution in [0.5, 0.6) is 0 Å². The van der Waals surface area contributed by atoms with Crippen LogP contribution in [0.4, 0.5) is 0 Å². The van der Waals surface area contributed by atoms with Crippen LogP contribution >= 0.6 is 11.9 Å². The van der Waals surface area contributed by atoms with Crippen molar-refractivity contribution in [3.63, 3.8) is 0 Å². The molecule has 0 heterocycles. The molecule has 2 heteroatoms. The Bertz CT molecular complexity index is 27.3. The molecule has 0 spiro atoms. The third-order valence-corrected chi connectivity index (χ3v) is 1.27. The summed E-state index contributed by atoms with van der Waals surface area (Å²) in [5, 5.41) is 0. The fourth-order valence-electron chi connectivity index (χ4n) is 0.351. The van der Waals surface area contributed by atoms with Gasteiger partial charge >= 0.3 is 0 Å². The fourth-order valence-corrected chi connectivity index (χ4v) is 0.699. The van der Waals surface area contributed by atoms with Gasteiger partial charge in [0.1, 0.15) is 0 Å². The molecule has 0 aromatic carbocycles. The van der Waals surface area contributed by atoms with Gasteiger partial charge in [-0.1, -0.05) is 25.3 Å². The zero-order valence-electron chi connectivity index (χ0n) is 5.03. The minimum absolute atomic E-state index is 1.15. The molecule has 0 aliphatic carbocycles. The molecule has 0 rings (SSSR count). The van der Waals surface area contributed by atoms with Crippen LogP contribution in [-0.4, -0.2) is 12.8 Å². The van der Waals surface area contributed by atoms with Crippen molar-refractivity contribution in [1.82, 2.24) is 4.72 Å². The molecule has 7 heavy (non-hydrogen) atoms. The molecule has 1 nitrogen and oxygen atoms in total. The van der Waals surface area contributed by atoms with Crippen LogP contribution in [-0.2, 0) is 0 Å². The van der Waals surface area contributed by atoms with Gasteiger partial charge in [0, 0.05) is 6.54 Å². The second-order valence-corrected chi connectivity index (χ2v) is 2.15. The lowest BCUT2D eigenvalue weighted by atomic mass is 10.3. The van der Waals surface area contributed by atoms with Crippen molar-refractivity contribution in [2.75, 3.05) is 12.8 Å². The molecule has 0 fully saturated rings. The van der Waals surface area contributed by atoms with Gasteiger partial charge < -0.3 is 0 Å². The first-order valence-corrected chi connectivity index (χ1v) is 3.90. The highest BCUT2D eigenvalue weighted by Crippen LogP contribution is 1.86. The highest BCUT2D eigenvalue weighted by atomic mass is 32.2. The molecule has 0 saturated heterocycles. The van der Waals surface area contributed by atoms with Gasteiger partial charge in [-0.05, 0) is 12.7 Å². The Kier molecular flexibility index (Phi) is 6.59. The fraction of sp³-hybridized carbons (Fsp3) is 1.00. The first-order chi connectivity index (χ1) is 3.41. The standard InChI is InChI=1S/C5H13NS/c1-3-4-5-6-7-2/h6H,3-5H2,1-2H3. The summed E-state index contributed by atoms with van der Waals surface area (Å²) in [5.74, 6) is 0. The Morgan fingerprint density at radius 1 is 1.57 bits per heavy atom. The SMILES string of the molecule is CCCCNSC. The van der Waals surface area contributed by atoms with Gasteiger partial charge in [-0.25, -0.2) is 0 Å². The first-order valence-electron chi connectivity index (χ1n) is 2.67. The predicted molar refractivity (Wildman–Crippen MR) is 36.4 cm³/mol. The molecule has 0 saturated carbocycles. The van der Waals surface area contributed by atoms with Crippen molar-refractivity contribution in [3.05, 3.63) is 0 Å². The quantitative estimate of drug-likeness (QED) is 0.446. The molecule has 0 aliphatic heterocycles. The summed E-state index contributed by atoms with van der Waals surface area (Å²) in [7, 11) is 0. The Morgan fingerprint density at radius 2 is 2.29 bits per heavy atom. The topological polar surface area (TPSA) is 12.0 Å². The smallest absolute Gasteiger partial charge is 0.00583 e. The lowest BCUT2D eigenvalue weighted by Crippen LogP contribution is -2.02. The van der Waals surface area contributed by atoms with E-state index in [9.17, 15) is 0 Å². The van der Waals surface area contributed by atoms with Crippen molar-refractivity contribution >= 4 is 11.9 Å². The molecule has 0 unspecified atom stereocenters. The van der Waals surface area contributed by atoms with Crippen molar-refractivity contribution in [1.29, 1.82) is 0 Å². The third-order valence-electron chi connectivity index (χ3n) is 0.777. The number of nitrogens with one attached hydrogen (secondary N) is 1. The van der Waals surface area contributed by atoms with Gasteiger partial charge in [0.05, 0.1) is 0 Å². The van der Waals surface area contributed by atoms with E-state index in [-0.39, 0.29) is 0 Å². The summed E-state index contributed by atoms with van der Waals surface area (Å²) < 4.78 is 3.17. The van der Waals surface area contributed by atoms with E-state index < -0.39 is 0 Å². The lowest BCUT2D eigenvalue weighted by molar-refractivity contribution is 0.777. The molecule has 0 atom stereocenters. The third kappa shape index (κ3) is 6.31. The summed E-state index contributed by atoms with van der Waals surface area (Å²) in [6, 6.07) is 0. The van der Waals surface area contributed by atoms with Gasteiger partial charge in [0.2, 0.25) is 0 Å². The van der Waals surface area contributed by atoms with Crippen molar-refractivity contribution in [3.8, 4) is 0 Å². The molecular formula is C5H13NS. The van der Waals surface area contributed by atoms with E-state index >= 15 is 0 Å². The van der Waals surface area contributed by atoms with Crippen molar-refractivity contribution in [2.24, 2.45) is 0 Å². The van der Waals surface area contributed by atoms with Crippen LogP contribution in [0.1, 0.15) is 19.8 Å². The molecule has 0 aromatic rings. The second kappa shape index (κ2) is 6.31. The van der Waals surface area contributed by atoms with E-state index in [2.05, 4.69) is 17.9 Å². The Balaban J connectivity index is 2.45. The Hall–Kier alpha value is 0.310. The Labute approximate surface area is 50.0 Å². The molecule has 0 radical (unpaired) electrons. The molecule has 1 N–H and O–H groups in total. The number of rotatable bonds is 4. The predicted octanol–water partition coefficient (Wildman–Crippen LogP) is 1.65. The zero-order valence-corrected chi connectivity index (χ0v) is 5.85. The maximum absolute atomic E-state index is 3.17. The van der Waals surface area contributed by atoms with E-state index in [1.807, 2.05) is 0 Å². The average Bonchev–Trinajstić information content (AvgIpc) is 1.69. The van der Waals surface area contributed by atoms with E-state index in [4.69, 9.17) is 0 Å². The first kappa shape index (κ1) is 7.31. The van der Waals surface area contributed by atoms with Crippen molar-refractivity contribution < 1.29 is 0 Å². The molecule has 44 valence electrons. The van der Waals surface area contributed by atoms with Crippen LogP contribution in [0.3, 0.4) is 0 Å². The number of hydrogen-bond donors (Lipinski definition) is 1. The van der Waals surface area contributed by atoms with Gasteiger partial charge in [-0.3, -0.25) is 4.72 Å². The van der Waals surface area contributed by atoms with Crippen LogP contribution < -0.4 is 4.72 Å². The molecule has 0 aliphatic rings. The largest absolute Gasteiger partial charge is 0.264 e.